The van der Waals surface area contributed by atoms with E-state index in [1.807, 2.05) is 0 Å². The zero-order valence-electron chi connectivity index (χ0n) is 12.5. The average molecular weight is 296 g/mol. The summed E-state index contributed by atoms with van der Waals surface area (Å²) in [7, 11) is 0. The largest absolute Gasteiger partial charge is 0.342 e. The third-order valence-electron chi connectivity index (χ3n) is 4.11. The molecule has 2 unspecified atom stereocenters. The van der Waals surface area contributed by atoms with E-state index < -0.39 is 11.6 Å². The lowest BCUT2D eigenvalue weighted by atomic mass is 9.93. The summed E-state index contributed by atoms with van der Waals surface area (Å²) in [5, 5.41) is 3.40. The fourth-order valence-corrected chi connectivity index (χ4v) is 2.90. The monoisotopic (exact) mass is 296 g/mol. The molecule has 1 fully saturated rings. The van der Waals surface area contributed by atoms with Gasteiger partial charge < -0.3 is 10.2 Å². The van der Waals surface area contributed by atoms with Crippen molar-refractivity contribution >= 4 is 5.91 Å². The zero-order valence-corrected chi connectivity index (χ0v) is 12.5. The SMILES string of the molecule is CCNC1CCN(C(=O)Cc2c(F)cccc2F)CC1C. The molecular weight excluding hydrogens is 274 g/mol. The molecule has 3 nitrogen and oxygen atoms in total. The molecule has 0 bridgehead atoms. The molecular formula is C16H22F2N2O. The van der Waals surface area contributed by atoms with Crippen molar-refractivity contribution in [2.75, 3.05) is 19.6 Å². The topological polar surface area (TPSA) is 32.3 Å². The number of rotatable bonds is 4. The molecule has 1 saturated heterocycles. The highest BCUT2D eigenvalue weighted by molar-refractivity contribution is 5.79. The smallest absolute Gasteiger partial charge is 0.227 e. The average Bonchev–Trinajstić information content (AvgIpc) is 2.45. The minimum Gasteiger partial charge on any atom is -0.342 e. The highest BCUT2D eigenvalue weighted by Gasteiger charge is 2.28. The summed E-state index contributed by atoms with van der Waals surface area (Å²) >= 11 is 0. The Labute approximate surface area is 124 Å². The van der Waals surface area contributed by atoms with Crippen molar-refractivity contribution in [3.05, 3.63) is 35.4 Å². The van der Waals surface area contributed by atoms with Crippen LogP contribution in [0.2, 0.25) is 0 Å². The van der Waals surface area contributed by atoms with Crippen LogP contribution in [0.15, 0.2) is 18.2 Å². The van der Waals surface area contributed by atoms with Gasteiger partial charge in [0.05, 0.1) is 6.42 Å². The van der Waals surface area contributed by atoms with E-state index in [2.05, 4.69) is 19.2 Å². The lowest BCUT2D eigenvalue weighted by Gasteiger charge is -2.37. The summed E-state index contributed by atoms with van der Waals surface area (Å²) in [6, 6.07) is 4.09. The Morgan fingerprint density at radius 1 is 1.38 bits per heavy atom. The van der Waals surface area contributed by atoms with Gasteiger partial charge in [-0.1, -0.05) is 19.9 Å². The second-order valence-electron chi connectivity index (χ2n) is 5.65. The highest BCUT2D eigenvalue weighted by atomic mass is 19.1. The van der Waals surface area contributed by atoms with Crippen molar-refractivity contribution in [1.29, 1.82) is 0 Å². The van der Waals surface area contributed by atoms with Gasteiger partial charge >= 0.3 is 0 Å². The van der Waals surface area contributed by atoms with E-state index in [-0.39, 0.29) is 17.9 Å². The maximum Gasteiger partial charge on any atom is 0.227 e. The van der Waals surface area contributed by atoms with Crippen LogP contribution in [-0.4, -0.2) is 36.5 Å². The Morgan fingerprint density at radius 2 is 2.05 bits per heavy atom. The molecule has 1 aromatic rings. The third kappa shape index (κ3) is 3.79. The molecule has 2 atom stereocenters. The standard InChI is InChI=1S/C16H22F2N2O/c1-3-19-15-7-8-20(10-11(15)2)16(21)9-12-13(17)5-4-6-14(12)18/h4-6,11,15,19H,3,7-10H2,1-2H3. The predicted molar refractivity (Wildman–Crippen MR) is 77.9 cm³/mol. The predicted octanol–water partition coefficient (Wildman–Crippen LogP) is 2.35. The van der Waals surface area contributed by atoms with Crippen LogP contribution < -0.4 is 5.32 Å². The molecule has 21 heavy (non-hydrogen) atoms. The number of piperidine rings is 1. The number of carbonyl (C=O) groups is 1. The van der Waals surface area contributed by atoms with Crippen LogP contribution in [0, 0.1) is 17.6 Å². The fraction of sp³-hybridized carbons (Fsp3) is 0.562. The molecule has 0 saturated carbocycles. The normalized spacial score (nSPS) is 22.4. The second-order valence-corrected chi connectivity index (χ2v) is 5.65. The number of nitrogens with one attached hydrogen (secondary N) is 1. The minimum absolute atomic E-state index is 0.135. The number of hydrogen-bond donors (Lipinski definition) is 1. The van der Waals surface area contributed by atoms with Gasteiger partial charge in [0.15, 0.2) is 0 Å². The molecule has 0 radical (unpaired) electrons. The summed E-state index contributed by atoms with van der Waals surface area (Å²) in [6.45, 7) is 6.33. The molecule has 116 valence electrons. The lowest BCUT2D eigenvalue weighted by Crippen LogP contribution is -2.50. The summed E-state index contributed by atoms with van der Waals surface area (Å²) < 4.78 is 27.2. The first-order chi connectivity index (χ1) is 10.0. The van der Waals surface area contributed by atoms with Crippen LogP contribution in [0.25, 0.3) is 0 Å². The van der Waals surface area contributed by atoms with Crippen LogP contribution in [0.5, 0.6) is 0 Å². The molecule has 5 heteroatoms. The molecule has 0 spiro atoms. The Bertz CT molecular complexity index is 487. The van der Waals surface area contributed by atoms with Crippen LogP contribution in [0.4, 0.5) is 8.78 Å². The first-order valence-electron chi connectivity index (χ1n) is 7.47. The summed E-state index contributed by atoms with van der Waals surface area (Å²) in [4.78, 5) is 14.0. The summed E-state index contributed by atoms with van der Waals surface area (Å²) in [5.74, 6) is -1.17. The van der Waals surface area contributed by atoms with E-state index in [1.54, 1.807) is 4.90 Å². The van der Waals surface area contributed by atoms with Crippen molar-refractivity contribution in [2.45, 2.75) is 32.7 Å². The van der Waals surface area contributed by atoms with Crippen LogP contribution in [0.1, 0.15) is 25.8 Å². The number of benzene rings is 1. The van der Waals surface area contributed by atoms with E-state index in [4.69, 9.17) is 0 Å². The van der Waals surface area contributed by atoms with Gasteiger partial charge in [0, 0.05) is 24.7 Å². The van der Waals surface area contributed by atoms with E-state index in [1.165, 1.54) is 18.2 Å². The van der Waals surface area contributed by atoms with E-state index in [0.717, 1.165) is 13.0 Å². The van der Waals surface area contributed by atoms with Gasteiger partial charge in [0.25, 0.3) is 0 Å². The molecule has 1 amide bonds. The third-order valence-corrected chi connectivity index (χ3v) is 4.11. The number of carbonyl (C=O) groups excluding carboxylic acids is 1. The van der Waals surface area contributed by atoms with Crippen molar-refractivity contribution in [1.82, 2.24) is 10.2 Å². The summed E-state index contributed by atoms with van der Waals surface area (Å²) in [5.41, 5.74) is -0.135. The zero-order chi connectivity index (χ0) is 15.4. The van der Waals surface area contributed by atoms with Gasteiger partial charge in [-0.3, -0.25) is 4.79 Å². The first kappa shape index (κ1) is 15.9. The Hall–Kier alpha value is -1.49. The molecule has 1 N–H and O–H groups in total. The Balaban J connectivity index is 1.99. The van der Waals surface area contributed by atoms with Crippen LogP contribution >= 0.6 is 0 Å². The van der Waals surface area contributed by atoms with E-state index >= 15 is 0 Å². The van der Waals surface area contributed by atoms with Gasteiger partial charge in [0.2, 0.25) is 5.91 Å². The maximum absolute atomic E-state index is 13.6. The van der Waals surface area contributed by atoms with Gasteiger partial charge in [-0.25, -0.2) is 8.78 Å². The van der Waals surface area contributed by atoms with Gasteiger partial charge in [-0.15, -0.1) is 0 Å². The van der Waals surface area contributed by atoms with Crippen molar-refractivity contribution in [3.63, 3.8) is 0 Å². The molecule has 1 aliphatic rings. The number of hydrogen-bond acceptors (Lipinski definition) is 2. The molecule has 0 aliphatic carbocycles. The fourth-order valence-electron chi connectivity index (χ4n) is 2.90. The van der Waals surface area contributed by atoms with E-state index in [0.29, 0.717) is 25.0 Å². The van der Waals surface area contributed by atoms with Crippen LogP contribution in [0.3, 0.4) is 0 Å². The number of nitrogens with zero attached hydrogens (tertiary/aromatic N) is 1. The molecule has 1 aromatic carbocycles. The van der Waals surface area contributed by atoms with Crippen molar-refractivity contribution < 1.29 is 13.6 Å². The molecule has 2 rings (SSSR count). The highest BCUT2D eigenvalue weighted by Crippen LogP contribution is 2.19. The lowest BCUT2D eigenvalue weighted by molar-refractivity contribution is -0.132. The number of likely N-dealkylation sites (tertiary alicyclic amines) is 1. The minimum atomic E-state index is -0.654. The van der Waals surface area contributed by atoms with Gasteiger partial charge in [-0.05, 0) is 31.0 Å². The molecule has 0 aromatic heterocycles. The Morgan fingerprint density at radius 3 is 2.62 bits per heavy atom. The van der Waals surface area contributed by atoms with Crippen molar-refractivity contribution in [2.24, 2.45) is 5.92 Å². The summed E-state index contributed by atoms with van der Waals surface area (Å²) in [6.07, 6.45) is 0.664. The van der Waals surface area contributed by atoms with Crippen molar-refractivity contribution in [3.8, 4) is 0 Å². The second kappa shape index (κ2) is 6.98. The van der Waals surface area contributed by atoms with E-state index in [9.17, 15) is 13.6 Å². The Kier molecular flexibility index (Phi) is 5.28. The first-order valence-corrected chi connectivity index (χ1v) is 7.47. The molecule has 1 aliphatic heterocycles. The molecule has 1 heterocycles. The van der Waals surface area contributed by atoms with Gasteiger partial charge in [-0.2, -0.15) is 0 Å². The van der Waals surface area contributed by atoms with Gasteiger partial charge in [0.1, 0.15) is 11.6 Å². The van der Waals surface area contributed by atoms with Crippen LogP contribution in [-0.2, 0) is 11.2 Å². The quantitative estimate of drug-likeness (QED) is 0.925. The number of amides is 1. The maximum atomic E-state index is 13.6. The number of halogens is 2.